The van der Waals surface area contributed by atoms with E-state index in [4.69, 9.17) is 5.73 Å². The highest BCUT2D eigenvalue weighted by molar-refractivity contribution is 5.70. The van der Waals surface area contributed by atoms with E-state index in [0.717, 1.165) is 23.7 Å². The molecular formula is C14H18N4. The van der Waals surface area contributed by atoms with Crippen LogP contribution in [0.3, 0.4) is 0 Å². The molecule has 2 N–H and O–H groups in total. The van der Waals surface area contributed by atoms with Gasteiger partial charge in [0, 0.05) is 18.3 Å². The Bertz CT molecular complexity index is 528. The number of hydrogen-bond donors (Lipinski definition) is 1. The van der Waals surface area contributed by atoms with E-state index in [1.807, 2.05) is 24.7 Å². The van der Waals surface area contributed by atoms with E-state index in [1.165, 1.54) is 25.7 Å². The molecule has 1 aliphatic carbocycles. The van der Waals surface area contributed by atoms with Crippen molar-refractivity contribution in [2.45, 2.75) is 32.2 Å². The van der Waals surface area contributed by atoms with Crippen LogP contribution in [0.15, 0.2) is 30.9 Å². The molecule has 0 unspecified atom stereocenters. The molecule has 18 heavy (non-hydrogen) atoms. The molecule has 0 atom stereocenters. The van der Waals surface area contributed by atoms with Crippen molar-refractivity contribution in [2.24, 2.45) is 5.92 Å². The van der Waals surface area contributed by atoms with Crippen LogP contribution < -0.4 is 5.73 Å². The topological polar surface area (TPSA) is 56.7 Å². The minimum absolute atomic E-state index is 0.572. The van der Waals surface area contributed by atoms with Crippen LogP contribution in [0.4, 0.5) is 5.82 Å². The molecule has 2 aromatic heterocycles. The predicted octanol–water partition coefficient (Wildman–Crippen LogP) is 2.72. The van der Waals surface area contributed by atoms with Gasteiger partial charge < -0.3 is 10.3 Å². The summed E-state index contributed by atoms with van der Waals surface area (Å²) in [5.41, 5.74) is 7.97. The van der Waals surface area contributed by atoms with Gasteiger partial charge in [-0.3, -0.25) is 0 Å². The summed E-state index contributed by atoms with van der Waals surface area (Å²) in [5, 5.41) is 0. The molecule has 0 aliphatic heterocycles. The lowest BCUT2D eigenvalue weighted by Crippen LogP contribution is -2.14. The maximum atomic E-state index is 5.92. The van der Waals surface area contributed by atoms with Crippen molar-refractivity contribution in [3.8, 4) is 11.3 Å². The Morgan fingerprint density at radius 1 is 1.39 bits per heavy atom. The van der Waals surface area contributed by atoms with E-state index in [0.29, 0.717) is 5.82 Å². The minimum Gasteiger partial charge on any atom is -0.383 e. The van der Waals surface area contributed by atoms with Gasteiger partial charge >= 0.3 is 0 Å². The molecule has 1 saturated carbocycles. The van der Waals surface area contributed by atoms with Crippen LogP contribution in [0.25, 0.3) is 11.3 Å². The van der Waals surface area contributed by atoms with Gasteiger partial charge in [0.2, 0.25) is 0 Å². The first-order chi connectivity index (χ1) is 8.84. The van der Waals surface area contributed by atoms with E-state index >= 15 is 0 Å². The molecule has 0 saturated heterocycles. The second kappa shape index (κ2) is 4.80. The van der Waals surface area contributed by atoms with Crippen molar-refractivity contribution in [1.29, 1.82) is 0 Å². The lowest BCUT2D eigenvalue weighted by atomic mass is 9.83. The number of rotatable bonds is 4. The third-order valence-corrected chi connectivity index (χ3v) is 3.83. The molecule has 3 rings (SSSR count). The maximum absolute atomic E-state index is 5.92. The number of aromatic nitrogens is 3. The van der Waals surface area contributed by atoms with Crippen LogP contribution in [0.5, 0.6) is 0 Å². The lowest BCUT2D eigenvalue weighted by molar-refractivity contribution is 0.283. The van der Waals surface area contributed by atoms with Crippen LogP contribution in [-0.2, 0) is 6.54 Å². The van der Waals surface area contributed by atoms with Crippen LogP contribution in [0.2, 0.25) is 0 Å². The van der Waals surface area contributed by atoms with Gasteiger partial charge in [-0.2, -0.15) is 0 Å². The van der Waals surface area contributed by atoms with Gasteiger partial charge in [-0.1, -0.05) is 19.3 Å². The van der Waals surface area contributed by atoms with Gasteiger partial charge in [-0.05, 0) is 24.5 Å². The summed E-state index contributed by atoms with van der Waals surface area (Å²) in [6.07, 6.45) is 10.9. The molecule has 0 amide bonds. The second-order valence-corrected chi connectivity index (χ2v) is 4.99. The summed E-state index contributed by atoms with van der Waals surface area (Å²) >= 11 is 0. The number of aryl methyl sites for hydroxylation is 1. The highest BCUT2D eigenvalue weighted by Gasteiger charge is 2.17. The zero-order chi connectivity index (χ0) is 12.4. The summed E-state index contributed by atoms with van der Waals surface area (Å²) in [6, 6.07) is 3.91. The predicted molar refractivity (Wildman–Crippen MR) is 71.8 cm³/mol. The van der Waals surface area contributed by atoms with Crippen molar-refractivity contribution in [3.05, 3.63) is 30.9 Å². The van der Waals surface area contributed by atoms with Crippen molar-refractivity contribution < 1.29 is 0 Å². The van der Waals surface area contributed by atoms with Gasteiger partial charge in [0.25, 0.3) is 0 Å². The molecule has 1 aliphatic rings. The molecule has 2 aromatic rings. The number of pyridine rings is 1. The van der Waals surface area contributed by atoms with E-state index in [1.54, 1.807) is 6.20 Å². The minimum atomic E-state index is 0.572. The maximum Gasteiger partial charge on any atom is 0.132 e. The quantitative estimate of drug-likeness (QED) is 0.896. The second-order valence-electron chi connectivity index (χ2n) is 4.99. The summed E-state index contributed by atoms with van der Waals surface area (Å²) in [4.78, 5) is 8.38. The van der Waals surface area contributed by atoms with Crippen molar-refractivity contribution in [2.75, 3.05) is 5.73 Å². The number of nitrogens with two attached hydrogens (primary N) is 1. The number of hydrogen-bond acceptors (Lipinski definition) is 3. The van der Waals surface area contributed by atoms with Gasteiger partial charge in [-0.25, -0.2) is 9.97 Å². The first kappa shape index (κ1) is 11.3. The summed E-state index contributed by atoms with van der Waals surface area (Å²) in [6.45, 7) is 1.02. The zero-order valence-electron chi connectivity index (χ0n) is 10.4. The fourth-order valence-electron chi connectivity index (χ4n) is 2.46. The van der Waals surface area contributed by atoms with Crippen molar-refractivity contribution in [3.63, 3.8) is 0 Å². The van der Waals surface area contributed by atoms with Crippen molar-refractivity contribution >= 4 is 5.82 Å². The number of nitrogens with zero attached hydrogens (tertiary/aromatic N) is 3. The monoisotopic (exact) mass is 242 g/mol. The van der Waals surface area contributed by atoms with E-state index < -0.39 is 0 Å². The van der Waals surface area contributed by atoms with Crippen LogP contribution in [-0.4, -0.2) is 14.5 Å². The first-order valence-electron chi connectivity index (χ1n) is 6.55. The fourth-order valence-corrected chi connectivity index (χ4v) is 2.46. The standard InChI is InChI=1S/C14H18N4/c15-14-12(5-2-7-17-14)13-9-16-10-18(13)8-6-11-3-1-4-11/h2,5,7,9-11H,1,3-4,6,8H2,(H2,15,17). The van der Waals surface area contributed by atoms with Crippen LogP contribution >= 0.6 is 0 Å². The Balaban J connectivity index is 1.80. The largest absolute Gasteiger partial charge is 0.383 e. The SMILES string of the molecule is Nc1ncccc1-c1cncn1CCC1CCC1. The third-order valence-electron chi connectivity index (χ3n) is 3.83. The van der Waals surface area contributed by atoms with Gasteiger partial charge in [0.05, 0.1) is 18.2 Å². The number of imidazole rings is 1. The molecule has 2 heterocycles. The Hall–Kier alpha value is -1.84. The van der Waals surface area contributed by atoms with Gasteiger partial charge in [0.1, 0.15) is 5.82 Å². The van der Waals surface area contributed by atoms with Crippen LogP contribution in [0.1, 0.15) is 25.7 Å². The fraction of sp³-hybridized carbons (Fsp3) is 0.429. The Labute approximate surface area is 107 Å². The molecule has 1 fully saturated rings. The number of anilines is 1. The highest BCUT2D eigenvalue weighted by Crippen LogP contribution is 2.31. The van der Waals surface area contributed by atoms with Crippen LogP contribution in [0, 0.1) is 5.92 Å². The molecule has 0 radical (unpaired) electrons. The Kier molecular flexibility index (Phi) is 3.00. The van der Waals surface area contributed by atoms with E-state index in [-0.39, 0.29) is 0 Å². The summed E-state index contributed by atoms with van der Waals surface area (Å²) in [7, 11) is 0. The normalized spacial score (nSPS) is 15.6. The van der Waals surface area contributed by atoms with Gasteiger partial charge in [0.15, 0.2) is 0 Å². The zero-order valence-corrected chi connectivity index (χ0v) is 10.4. The lowest BCUT2D eigenvalue weighted by Gasteiger charge is -2.25. The molecule has 4 heteroatoms. The molecule has 0 bridgehead atoms. The number of nitrogen functional groups attached to an aromatic ring is 1. The van der Waals surface area contributed by atoms with Gasteiger partial charge in [-0.15, -0.1) is 0 Å². The smallest absolute Gasteiger partial charge is 0.132 e. The highest BCUT2D eigenvalue weighted by atomic mass is 15.0. The summed E-state index contributed by atoms with van der Waals surface area (Å²) in [5.74, 6) is 1.48. The first-order valence-corrected chi connectivity index (χ1v) is 6.55. The Morgan fingerprint density at radius 2 is 2.28 bits per heavy atom. The third kappa shape index (κ3) is 2.10. The molecule has 0 spiro atoms. The average Bonchev–Trinajstić information content (AvgIpc) is 2.76. The molecule has 4 nitrogen and oxygen atoms in total. The van der Waals surface area contributed by atoms with Crippen molar-refractivity contribution in [1.82, 2.24) is 14.5 Å². The molecule has 94 valence electrons. The summed E-state index contributed by atoms with van der Waals surface area (Å²) < 4.78 is 2.19. The van der Waals surface area contributed by atoms with E-state index in [2.05, 4.69) is 14.5 Å². The molecule has 0 aromatic carbocycles. The average molecular weight is 242 g/mol. The Morgan fingerprint density at radius 3 is 3.00 bits per heavy atom. The molecular weight excluding hydrogens is 224 g/mol. The van der Waals surface area contributed by atoms with E-state index in [9.17, 15) is 0 Å².